The highest BCUT2D eigenvalue weighted by Crippen LogP contribution is 2.00. The first-order chi connectivity index (χ1) is 11.9. The van der Waals surface area contributed by atoms with Crippen molar-refractivity contribution in [3.8, 4) is 0 Å². The number of unbranched alkanes of at least 4 members (excludes halogenated alkanes) is 1. The molecular formula is C19H33N3O2. The minimum atomic E-state index is 0.778. The van der Waals surface area contributed by atoms with Gasteiger partial charge in [-0.05, 0) is 38.2 Å². The number of hydrogen-bond acceptors (Lipinski definition) is 3. The molecule has 24 heavy (non-hydrogen) atoms. The van der Waals surface area contributed by atoms with Crippen molar-refractivity contribution in [3.63, 3.8) is 0 Å². The average Bonchev–Trinajstić information content (AvgIpc) is 2.62. The van der Waals surface area contributed by atoms with Crippen LogP contribution in [0.15, 0.2) is 35.3 Å². The van der Waals surface area contributed by atoms with E-state index < -0.39 is 0 Å². The van der Waals surface area contributed by atoms with Crippen LogP contribution in [0, 0.1) is 0 Å². The fourth-order valence-electron chi connectivity index (χ4n) is 2.22. The first-order valence-corrected chi connectivity index (χ1v) is 9.00. The number of rotatable bonds is 13. The van der Waals surface area contributed by atoms with Crippen LogP contribution in [0.2, 0.25) is 0 Å². The Kier molecular flexibility index (Phi) is 12.8. The highest BCUT2D eigenvalue weighted by Gasteiger charge is 1.97. The highest BCUT2D eigenvalue weighted by molar-refractivity contribution is 5.79. The number of aliphatic imine (C=N–C) groups is 1. The van der Waals surface area contributed by atoms with Crippen LogP contribution in [0.3, 0.4) is 0 Å². The molecule has 0 amide bonds. The van der Waals surface area contributed by atoms with Gasteiger partial charge in [0.1, 0.15) is 0 Å². The molecule has 0 bridgehead atoms. The molecule has 5 nitrogen and oxygen atoms in total. The lowest BCUT2D eigenvalue weighted by molar-refractivity contribution is 0.133. The predicted molar refractivity (Wildman–Crippen MR) is 101 cm³/mol. The van der Waals surface area contributed by atoms with Crippen molar-refractivity contribution in [1.82, 2.24) is 10.6 Å². The summed E-state index contributed by atoms with van der Waals surface area (Å²) in [7, 11) is 1.80. The third-order valence-corrected chi connectivity index (χ3v) is 3.57. The summed E-state index contributed by atoms with van der Waals surface area (Å²) in [6, 6.07) is 10.5. The Morgan fingerprint density at radius 3 is 2.33 bits per heavy atom. The van der Waals surface area contributed by atoms with Gasteiger partial charge in [-0.15, -0.1) is 0 Å². The second kappa shape index (κ2) is 15.0. The zero-order valence-corrected chi connectivity index (χ0v) is 15.2. The summed E-state index contributed by atoms with van der Waals surface area (Å²) >= 11 is 0. The van der Waals surface area contributed by atoms with Gasteiger partial charge in [0, 0.05) is 40.0 Å². The van der Waals surface area contributed by atoms with Crippen molar-refractivity contribution in [2.75, 3.05) is 46.6 Å². The minimum absolute atomic E-state index is 0.778. The second-order valence-electron chi connectivity index (χ2n) is 5.53. The van der Waals surface area contributed by atoms with Crippen LogP contribution in [0.4, 0.5) is 0 Å². The molecule has 0 aliphatic carbocycles. The van der Waals surface area contributed by atoms with Crippen LogP contribution >= 0.6 is 0 Å². The third kappa shape index (κ3) is 11.0. The number of nitrogens with zero attached hydrogens (tertiary/aromatic N) is 1. The van der Waals surface area contributed by atoms with Gasteiger partial charge in [0.2, 0.25) is 0 Å². The lowest BCUT2D eigenvalue weighted by atomic mass is 10.2. The van der Waals surface area contributed by atoms with Gasteiger partial charge in [0.05, 0.1) is 6.61 Å². The molecule has 0 fully saturated rings. The molecule has 2 N–H and O–H groups in total. The van der Waals surface area contributed by atoms with E-state index in [1.54, 1.807) is 7.05 Å². The van der Waals surface area contributed by atoms with E-state index in [2.05, 4.69) is 39.9 Å². The quantitative estimate of drug-likeness (QED) is 0.330. The zero-order chi connectivity index (χ0) is 17.3. The lowest BCUT2D eigenvalue weighted by Crippen LogP contribution is -2.38. The molecule has 0 unspecified atom stereocenters. The highest BCUT2D eigenvalue weighted by atomic mass is 16.5. The van der Waals surface area contributed by atoms with Crippen LogP contribution < -0.4 is 10.6 Å². The van der Waals surface area contributed by atoms with Gasteiger partial charge in [-0.2, -0.15) is 0 Å². The van der Waals surface area contributed by atoms with Crippen molar-refractivity contribution in [2.45, 2.75) is 32.6 Å². The van der Waals surface area contributed by atoms with Gasteiger partial charge in [-0.3, -0.25) is 4.99 Å². The zero-order valence-electron chi connectivity index (χ0n) is 15.2. The molecule has 0 saturated heterocycles. The standard InChI is InChI=1S/C19H33N3O2/c1-3-23-16-9-14-22-19(20-2)21-13-7-8-15-24-17-12-18-10-5-4-6-11-18/h4-6,10-11H,3,7-9,12-17H2,1-2H3,(H2,20,21,22). The minimum Gasteiger partial charge on any atom is -0.382 e. The van der Waals surface area contributed by atoms with E-state index in [0.29, 0.717) is 0 Å². The Morgan fingerprint density at radius 2 is 1.62 bits per heavy atom. The van der Waals surface area contributed by atoms with Crippen LogP contribution in [0.5, 0.6) is 0 Å². The molecule has 5 heteroatoms. The molecule has 1 rings (SSSR count). The number of benzene rings is 1. The molecule has 0 atom stereocenters. The van der Waals surface area contributed by atoms with Crippen LogP contribution in [-0.4, -0.2) is 52.5 Å². The average molecular weight is 335 g/mol. The third-order valence-electron chi connectivity index (χ3n) is 3.57. The van der Waals surface area contributed by atoms with E-state index >= 15 is 0 Å². The smallest absolute Gasteiger partial charge is 0.190 e. The van der Waals surface area contributed by atoms with Gasteiger partial charge in [-0.25, -0.2) is 0 Å². The Balaban J connectivity index is 1.91. The van der Waals surface area contributed by atoms with E-state index in [9.17, 15) is 0 Å². The molecule has 0 aliphatic heterocycles. The van der Waals surface area contributed by atoms with Gasteiger partial charge >= 0.3 is 0 Å². The first kappa shape index (κ1) is 20.5. The van der Waals surface area contributed by atoms with E-state index in [-0.39, 0.29) is 0 Å². The van der Waals surface area contributed by atoms with Crippen molar-refractivity contribution >= 4 is 5.96 Å². The van der Waals surface area contributed by atoms with E-state index in [1.165, 1.54) is 5.56 Å². The van der Waals surface area contributed by atoms with E-state index in [0.717, 1.165) is 71.2 Å². The molecule has 136 valence electrons. The van der Waals surface area contributed by atoms with Crippen LogP contribution in [0.25, 0.3) is 0 Å². The molecule has 0 aliphatic rings. The van der Waals surface area contributed by atoms with E-state index in [4.69, 9.17) is 9.47 Å². The van der Waals surface area contributed by atoms with Crippen molar-refractivity contribution < 1.29 is 9.47 Å². The van der Waals surface area contributed by atoms with E-state index in [1.807, 2.05) is 13.0 Å². The molecule has 1 aromatic carbocycles. The maximum atomic E-state index is 5.69. The summed E-state index contributed by atoms with van der Waals surface area (Å²) < 4.78 is 11.0. The predicted octanol–water partition coefficient (Wildman–Crippen LogP) is 2.62. The topological polar surface area (TPSA) is 54.9 Å². The SMILES string of the molecule is CCOCCCNC(=NC)NCCCCOCCc1ccccc1. The maximum Gasteiger partial charge on any atom is 0.190 e. The molecule has 0 heterocycles. The summed E-state index contributed by atoms with van der Waals surface area (Å²) in [6.07, 6.45) is 4.11. The summed E-state index contributed by atoms with van der Waals surface area (Å²) in [6.45, 7) is 6.98. The number of ether oxygens (including phenoxy) is 2. The largest absolute Gasteiger partial charge is 0.382 e. The van der Waals surface area contributed by atoms with Crippen molar-refractivity contribution in [3.05, 3.63) is 35.9 Å². The van der Waals surface area contributed by atoms with Crippen molar-refractivity contribution in [1.29, 1.82) is 0 Å². The van der Waals surface area contributed by atoms with Gasteiger partial charge < -0.3 is 20.1 Å². The van der Waals surface area contributed by atoms with Gasteiger partial charge in [0.25, 0.3) is 0 Å². The Hall–Kier alpha value is -1.59. The molecule has 0 saturated carbocycles. The molecule has 0 spiro atoms. The molecule has 0 aromatic heterocycles. The van der Waals surface area contributed by atoms with Crippen LogP contribution in [0.1, 0.15) is 31.7 Å². The Bertz CT molecular complexity index is 424. The Labute approximate surface area is 146 Å². The molecule has 0 radical (unpaired) electrons. The fraction of sp³-hybridized carbons (Fsp3) is 0.632. The summed E-state index contributed by atoms with van der Waals surface area (Å²) in [5, 5.41) is 6.60. The number of hydrogen-bond donors (Lipinski definition) is 2. The summed E-state index contributed by atoms with van der Waals surface area (Å²) in [5.74, 6) is 0.858. The monoisotopic (exact) mass is 335 g/mol. The molecule has 1 aromatic rings. The lowest BCUT2D eigenvalue weighted by Gasteiger charge is -2.11. The van der Waals surface area contributed by atoms with Crippen molar-refractivity contribution in [2.24, 2.45) is 4.99 Å². The number of nitrogens with one attached hydrogen (secondary N) is 2. The maximum absolute atomic E-state index is 5.69. The molecular weight excluding hydrogens is 302 g/mol. The Morgan fingerprint density at radius 1 is 0.917 bits per heavy atom. The summed E-state index contributed by atoms with van der Waals surface area (Å²) in [4.78, 5) is 4.21. The summed E-state index contributed by atoms with van der Waals surface area (Å²) in [5.41, 5.74) is 1.33. The second-order valence-corrected chi connectivity index (χ2v) is 5.53. The number of guanidine groups is 1. The van der Waals surface area contributed by atoms with Crippen LogP contribution in [-0.2, 0) is 15.9 Å². The first-order valence-electron chi connectivity index (χ1n) is 9.00. The van der Waals surface area contributed by atoms with Gasteiger partial charge in [0.15, 0.2) is 5.96 Å². The normalized spacial score (nSPS) is 11.5. The van der Waals surface area contributed by atoms with Gasteiger partial charge in [-0.1, -0.05) is 30.3 Å². The fourth-order valence-corrected chi connectivity index (χ4v) is 2.22.